The molecule has 0 aliphatic rings. The highest BCUT2D eigenvalue weighted by Gasteiger charge is 2.11. The average molecular weight is 283 g/mol. The predicted octanol–water partition coefficient (Wildman–Crippen LogP) is 2.28. The largest absolute Gasteiger partial charge is 0.495 e. The van der Waals surface area contributed by atoms with Gasteiger partial charge in [0, 0.05) is 24.1 Å². The Kier molecular flexibility index (Phi) is 4.24. The van der Waals surface area contributed by atoms with Gasteiger partial charge in [0.1, 0.15) is 5.75 Å². The van der Waals surface area contributed by atoms with Crippen molar-refractivity contribution in [3.8, 4) is 5.75 Å². The van der Waals surface area contributed by atoms with Gasteiger partial charge in [-0.2, -0.15) is 0 Å². The number of nitrogens with zero attached hydrogens (tertiary/aromatic N) is 2. The molecule has 7 heteroatoms. The Balaban J connectivity index is 2.24. The van der Waals surface area contributed by atoms with E-state index in [-0.39, 0.29) is 0 Å². The number of benzene rings is 1. The molecule has 19 heavy (non-hydrogen) atoms. The smallest absolute Gasteiger partial charge is 0.320 e. The molecule has 2 aromatic rings. The predicted molar refractivity (Wildman–Crippen MR) is 73.1 cm³/mol. The number of hydrogen-bond acceptors (Lipinski definition) is 6. The van der Waals surface area contributed by atoms with Crippen LogP contribution in [-0.2, 0) is 6.42 Å². The summed E-state index contributed by atoms with van der Waals surface area (Å²) >= 11 is 6.04. The number of nitrogens with one attached hydrogen (secondary N) is 1. The van der Waals surface area contributed by atoms with Crippen molar-refractivity contribution in [3.63, 3.8) is 0 Å². The van der Waals surface area contributed by atoms with Crippen LogP contribution in [0.5, 0.6) is 5.75 Å². The van der Waals surface area contributed by atoms with Crippen LogP contribution < -0.4 is 15.8 Å². The van der Waals surface area contributed by atoms with Gasteiger partial charge in [-0.15, -0.1) is 5.10 Å². The topological polar surface area (TPSA) is 86.2 Å². The molecular formula is C12H15ClN4O2. The maximum absolute atomic E-state index is 6.04. The third-order valence-electron chi connectivity index (χ3n) is 2.55. The molecule has 2 rings (SSSR count). The first-order chi connectivity index (χ1) is 9.13. The summed E-state index contributed by atoms with van der Waals surface area (Å²) in [5.41, 5.74) is 7.06. The van der Waals surface area contributed by atoms with Gasteiger partial charge in [-0.3, -0.25) is 0 Å². The lowest BCUT2D eigenvalue weighted by atomic mass is 10.2. The minimum absolute atomic E-state index is 0.295. The molecule has 0 atom stereocenters. The second-order valence-corrected chi connectivity index (χ2v) is 4.37. The van der Waals surface area contributed by atoms with Crippen molar-refractivity contribution in [3.05, 3.63) is 28.6 Å². The van der Waals surface area contributed by atoms with Crippen LogP contribution in [0.25, 0.3) is 0 Å². The van der Waals surface area contributed by atoms with Crippen molar-refractivity contribution in [2.45, 2.75) is 13.3 Å². The summed E-state index contributed by atoms with van der Waals surface area (Å²) in [6, 6.07) is 3.88. The second kappa shape index (κ2) is 5.90. The lowest BCUT2D eigenvalue weighted by Crippen LogP contribution is -2.02. The molecule has 0 fully saturated rings. The number of aryl methyl sites for hydroxylation is 1. The van der Waals surface area contributed by atoms with Crippen LogP contribution >= 0.6 is 11.6 Å². The molecule has 1 aromatic heterocycles. The molecule has 1 heterocycles. The summed E-state index contributed by atoms with van der Waals surface area (Å²) in [7, 11) is 1.57. The van der Waals surface area contributed by atoms with Gasteiger partial charge in [0.05, 0.1) is 12.8 Å². The molecule has 0 aliphatic heterocycles. The minimum atomic E-state index is 0.295. The molecule has 6 nitrogen and oxygen atoms in total. The van der Waals surface area contributed by atoms with E-state index >= 15 is 0 Å². The Bertz CT molecular complexity index is 571. The van der Waals surface area contributed by atoms with E-state index in [1.54, 1.807) is 13.2 Å². The molecule has 0 spiro atoms. The number of hydrogen-bond donors (Lipinski definition) is 2. The minimum Gasteiger partial charge on any atom is -0.495 e. The molecule has 0 saturated heterocycles. The van der Waals surface area contributed by atoms with E-state index in [1.807, 2.05) is 13.0 Å². The Morgan fingerprint density at radius 1 is 1.42 bits per heavy atom. The number of ether oxygens (including phenoxy) is 1. The summed E-state index contributed by atoms with van der Waals surface area (Å²) in [5.74, 6) is 1.10. The van der Waals surface area contributed by atoms with Crippen molar-refractivity contribution in [2.75, 3.05) is 19.0 Å². The molecule has 3 N–H and O–H groups in total. The van der Waals surface area contributed by atoms with Gasteiger partial charge in [0.15, 0.2) is 0 Å². The molecule has 102 valence electrons. The maximum atomic E-state index is 6.04. The first kappa shape index (κ1) is 13.6. The lowest BCUT2D eigenvalue weighted by molar-refractivity contribution is 0.416. The first-order valence-corrected chi connectivity index (χ1v) is 6.15. The highest BCUT2D eigenvalue weighted by molar-refractivity contribution is 6.31. The standard InChI is InChI=1S/C12H15ClN4O2/c1-7-5-9(10(18-2)6-8(7)13)15-12-17-16-11(19-12)3-4-14/h5-6H,3-4,14H2,1-2H3,(H,15,17). The van der Waals surface area contributed by atoms with E-state index < -0.39 is 0 Å². The Labute approximate surface area is 115 Å². The molecule has 0 radical (unpaired) electrons. The number of rotatable bonds is 5. The van der Waals surface area contributed by atoms with E-state index in [4.69, 9.17) is 26.5 Å². The Hall–Kier alpha value is -1.79. The Morgan fingerprint density at radius 2 is 2.21 bits per heavy atom. The number of nitrogens with two attached hydrogens (primary N) is 1. The van der Waals surface area contributed by atoms with Crippen LogP contribution in [0.3, 0.4) is 0 Å². The summed E-state index contributed by atoms with van der Waals surface area (Å²) in [4.78, 5) is 0. The van der Waals surface area contributed by atoms with Gasteiger partial charge < -0.3 is 20.2 Å². The Morgan fingerprint density at radius 3 is 2.89 bits per heavy atom. The van der Waals surface area contributed by atoms with Crippen molar-refractivity contribution in [1.82, 2.24) is 10.2 Å². The van der Waals surface area contributed by atoms with Gasteiger partial charge in [-0.1, -0.05) is 16.7 Å². The van der Waals surface area contributed by atoms with Gasteiger partial charge in [0.2, 0.25) is 5.89 Å². The summed E-state index contributed by atoms with van der Waals surface area (Å²) < 4.78 is 10.6. The lowest BCUT2D eigenvalue weighted by Gasteiger charge is -2.10. The van der Waals surface area contributed by atoms with Crippen LogP contribution in [0.15, 0.2) is 16.5 Å². The quantitative estimate of drug-likeness (QED) is 0.875. The molecule has 0 saturated carbocycles. The van der Waals surface area contributed by atoms with E-state index in [0.29, 0.717) is 41.3 Å². The summed E-state index contributed by atoms with van der Waals surface area (Å²) in [5, 5.41) is 11.4. The summed E-state index contributed by atoms with van der Waals surface area (Å²) in [6.07, 6.45) is 0.547. The molecule has 0 aliphatic carbocycles. The van der Waals surface area contributed by atoms with Crippen LogP contribution in [0.4, 0.5) is 11.7 Å². The molecule has 0 amide bonds. The molecule has 0 bridgehead atoms. The number of methoxy groups -OCH3 is 1. The highest BCUT2D eigenvalue weighted by Crippen LogP contribution is 2.32. The normalized spacial score (nSPS) is 10.5. The van der Waals surface area contributed by atoms with Gasteiger partial charge >= 0.3 is 6.01 Å². The molecule has 1 aromatic carbocycles. The van der Waals surface area contributed by atoms with Crippen LogP contribution in [-0.4, -0.2) is 23.9 Å². The third-order valence-corrected chi connectivity index (χ3v) is 2.95. The van der Waals surface area contributed by atoms with E-state index in [9.17, 15) is 0 Å². The average Bonchev–Trinajstić information content (AvgIpc) is 2.81. The third kappa shape index (κ3) is 3.15. The summed E-state index contributed by atoms with van der Waals surface area (Å²) in [6.45, 7) is 2.37. The SMILES string of the molecule is COc1cc(Cl)c(C)cc1Nc1nnc(CCN)o1. The zero-order valence-corrected chi connectivity index (χ0v) is 11.5. The van der Waals surface area contributed by atoms with Crippen LogP contribution in [0.2, 0.25) is 5.02 Å². The van der Waals surface area contributed by atoms with E-state index in [1.165, 1.54) is 0 Å². The molecule has 0 unspecified atom stereocenters. The van der Waals surface area contributed by atoms with E-state index in [2.05, 4.69) is 15.5 Å². The van der Waals surface area contributed by atoms with Gasteiger partial charge in [-0.25, -0.2) is 0 Å². The first-order valence-electron chi connectivity index (χ1n) is 5.77. The fourth-order valence-corrected chi connectivity index (χ4v) is 1.73. The number of halogens is 1. The molecular weight excluding hydrogens is 268 g/mol. The van der Waals surface area contributed by atoms with Crippen molar-refractivity contribution >= 4 is 23.3 Å². The highest BCUT2D eigenvalue weighted by atomic mass is 35.5. The number of aromatic nitrogens is 2. The van der Waals surface area contributed by atoms with Crippen molar-refractivity contribution in [2.24, 2.45) is 5.73 Å². The fraction of sp³-hybridized carbons (Fsp3) is 0.333. The van der Waals surface area contributed by atoms with Gasteiger partial charge in [-0.05, 0) is 18.6 Å². The zero-order valence-electron chi connectivity index (χ0n) is 10.7. The van der Waals surface area contributed by atoms with E-state index in [0.717, 1.165) is 5.56 Å². The van der Waals surface area contributed by atoms with Crippen molar-refractivity contribution in [1.29, 1.82) is 0 Å². The maximum Gasteiger partial charge on any atom is 0.320 e. The monoisotopic (exact) mass is 282 g/mol. The zero-order chi connectivity index (χ0) is 13.8. The van der Waals surface area contributed by atoms with Crippen molar-refractivity contribution < 1.29 is 9.15 Å². The van der Waals surface area contributed by atoms with Crippen LogP contribution in [0, 0.1) is 6.92 Å². The fourth-order valence-electron chi connectivity index (χ4n) is 1.57. The van der Waals surface area contributed by atoms with Crippen LogP contribution in [0.1, 0.15) is 11.5 Å². The second-order valence-electron chi connectivity index (χ2n) is 3.97. The number of anilines is 2. The van der Waals surface area contributed by atoms with Gasteiger partial charge in [0.25, 0.3) is 0 Å².